The Morgan fingerprint density at radius 2 is 2.08 bits per heavy atom. The highest BCUT2D eigenvalue weighted by molar-refractivity contribution is 5.97. The number of carbonyl (C=O) groups is 1. The van der Waals surface area contributed by atoms with E-state index in [0.29, 0.717) is 6.54 Å². The summed E-state index contributed by atoms with van der Waals surface area (Å²) in [5.74, 6) is -0.269. The van der Waals surface area contributed by atoms with Crippen molar-refractivity contribution < 1.29 is 4.79 Å². The van der Waals surface area contributed by atoms with E-state index in [1.807, 2.05) is 24.4 Å². The summed E-state index contributed by atoms with van der Waals surface area (Å²) >= 11 is 0. The van der Waals surface area contributed by atoms with Crippen molar-refractivity contribution in [1.82, 2.24) is 15.6 Å². The number of carbonyl (C=O) groups excluding carboxylic acids is 1. The average molecular weight is 336 g/mol. The van der Waals surface area contributed by atoms with Gasteiger partial charge < -0.3 is 15.6 Å². The Balaban J connectivity index is 1.51. The van der Waals surface area contributed by atoms with Crippen LogP contribution in [0.15, 0.2) is 42.2 Å². The van der Waals surface area contributed by atoms with E-state index in [9.17, 15) is 10.1 Å². The van der Waals surface area contributed by atoms with Gasteiger partial charge in [-0.15, -0.1) is 0 Å². The second kappa shape index (κ2) is 8.39. The first-order valence-electron chi connectivity index (χ1n) is 8.97. The number of aromatic nitrogens is 1. The molecule has 0 atom stereocenters. The van der Waals surface area contributed by atoms with Crippen molar-refractivity contribution in [1.29, 1.82) is 5.26 Å². The molecule has 1 aromatic heterocycles. The van der Waals surface area contributed by atoms with Crippen molar-refractivity contribution in [3.05, 3.63) is 47.8 Å². The second-order valence-corrected chi connectivity index (χ2v) is 6.54. The molecular weight excluding hydrogens is 312 g/mol. The zero-order valence-corrected chi connectivity index (χ0v) is 14.3. The SMILES string of the molecule is N#C/C(=C/NCCc1c[nH]c2ccccc12)C(=O)NC1CCCCC1. The fourth-order valence-corrected chi connectivity index (χ4v) is 3.38. The van der Waals surface area contributed by atoms with Crippen molar-refractivity contribution in [3.8, 4) is 6.07 Å². The maximum atomic E-state index is 12.2. The van der Waals surface area contributed by atoms with Crippen LogP contribution in [-0.4, -0.2) is 23.5 Å². The van der Waals surface area contributed by atoms with Crippen LogP contribution in [0.5, 0.6) is 0 Å². The first-order valence-corrected chi connectivity index (χ1v) is 8.97. The minimum atomic E-state index is -0.269. The van der Waals surface area contributed by atoms with E-state index in [0.717, 1.165) is 37.6 Å². The van der Waals surface area contributed by atoms with Gasteiger partial charge in [0.1, 0.15) is 11.6 Å². The molecule has 0 saturated heterocycles. The summed E-state index contributed by atoms with van der Waals surface area (Å²) in [6, 6.07) is 10.4. The first kappa shape index (κ1) is 17.1. The number of fused-ring (bicyclic) bond motifs is 1. The quantitative estimate of drug-likeness (QED) is 0.431. The van der Waals surface area contributed by atoms with Gasteiger partial charge in [-0.1, -0.05) is 37.5 Å². The number of nitriles is 1. The van der Waals surface area contributed by atoms with Crippen molar-refractivity contribution in [2.75, 3.05) is 6.54 Å². The zero-order valence-electron chi connectivity index (χ0n) is 14.3. The summed E-state index contributed by atoms with van der Waals surface area (Å²) in [6.45, 7) is 0.670. The fraction of sp³-hybridized carbons (Fsp3) is 0.400. The van der Waals surface area contributed by atoms with E-state index in [2.05, 4.69) is 27.8 Å². The number of nitrogens with zero attached hydrogens (tertiary/aromatic N) is 1. The summed E-state index contributed by atoms with van der Waals surface area (Å²) in [6.07, 6.45) is 9.94. The van der Waals surface area contributed by atoms with Crippen LogP contribution in [0.25, 0.3) is 10.9 Å². The van der Waals surface area contributed by atoms with Crippen LogP contribution in [0.4, 0.5) is 0 Å². The van der Waals surface area contributed by atoms with Crippen LogP contribution in [-0.2, 0) is 11.2 Å². The third-order valence-electron chi connectivity index (χ3n) is 4.77. The lowest BCUT2D eigenvalue weighted by Gasteiger charge is -2.22. The topological polar surface area (TPSA) is 80.7 Å². The third-order valence-corrected chi connectivity index (χ3v) is 4.77. The maximum Gasteiger partial charge on any atom is 0.263 e. The molecule has 5 nitrogen and oxygen atoms in total. The van der Waals surface area contributed by atoms with Crippen LogP contribution in [0, 0.1) is 11.3 Å². The molecule has 1 fully saturated rings. The molecule has 130 valence electrons. The van der Waals surface area contributed by atoms with Gasteiger partial charge in [-0.25, -0.2) is 0 Å². The van der Waals surface area contributed by atoms with E-state index in [-0.39, 0.29) is 17.5 Å². The Morgan fingerprint density at radius 3 is 2.88 bits per heavy atom. The number of nitrogens with one attached hydrogen (secondary N) is 3. The molecule has 2 aromatic rings. The molecule has 1 amide bonds. The molecule has 3 rings (SSSR count). The number of benzene rings is 1. The summed E-state index contributed by atoms with van der Waals surface area (Å²) in [4.78, 5) is 15.4. The summed E-state index contributed by atoms with van der Waals surface area (Å²) in [7, 11) is 0. The van der Waals surface area contributed by atoms with E-state index in [1.54, 1.807) is 0 Å². The van der Waals surface area contributed by atoms with E-state index >= 15 is 0 Å². The number of aromatic amines is 1. The van der Waals surface area contributed by atoms with Gasteiger partial charge >= 0.3 is 0 Å². The highest BCUT2D eigenvalue weighted by atomic mass is 16.1. The van der Waals surface area contributed by atoms with Gasteiger partial charge in [-0.2, -0.15) is 5.26 Å². The van der Waals surface area contributed by atoms with Crippen LogP contribution < -0.4 is 10.6 Å². The van der Waals surface area contributed by atoms with Gasteiger partial charge in [0.05, 0.1) is 0 Å². The molecule has 0 aliphatic heterocycles. The molecule has 3 N–H and O–H groups in total. The number of H-pyrrole nitrogens is 1. The van der Waals surface area contributed by atoms with Crippen LogP contribution in [0.1, 0.15) is 37.7 Å². The average Bonchev–Trinajstić information content (AvgIpc) is 3.06. The maximum absolute atomic E-state index is 12.2. The van der Waals surface area contributed by atoms with Crippen LogP contribution in [0.2, 0.25) is 0 Å². The Morgan fingerprint density at radius 1 is 1.28 bits per heavy atom. The lowest BCUT2D eigenvalue weighted by Crippen LogP contribution is -2.37. The largest absolute Gasteiger partial charge is 0.389 e. The first-order chi connectivity index (χ1) is 12.3. The number of rotatable bonds is 6. The van der Waals surface area contributed by atoms with Gasteiger partial charge in [0.25, 0.3) is 5.91 Å². The zero-order chi connectivity index (χ0) is 17.5. The highest BCUT2D eigenvalue weighted by Gasteiger charge is 2.17. The molecular formula is C20H24N4O. The lowest BCUT2D eigenvalue weighted by atomic mass is 9.95. The molecule has 1 aliphatic rings. The minimum Gasteiger partial charge on any atom is -0.389 e. The second-order valence-electron chi connectivity index (χ2n) is 6.54. The van der Waals surface area contributed by atoms with Crippen LogP contribution >= 0.6 is 0 Å². The molecule has 0 radical (unpaired) electrons. The lowest BCUT2D eigenvalue weighted by molar-refractivity contribution is -0.118. The Labute approximate surface area is 148 Å². The fourth-order valence-electron chi connectivity index (χ4n) is 3.38. The molecule has 1 aliphatic carbocycles. The van der Waals surface area contributed by atoms with Crippen molar-refractivity contribution in [2.45, 2.75) is 44.6 Å². The summed E-state index contributed by atoms with van der Waals surface area (Å²) in [5, 5.41) is 16.5. The standard InChI is InChI=1S/C20H24N4O/c21-12-16(20(25)24-17-6-2-1-3-7-17)13-22-11-10-15-14-23-19-9-5-4-8-18(15)19/h4-5,8-9,13-14,17,22-23H,1-3,6-7,10-11H2,(H,24,25)/b16-13-. The van der Waals surface area contributed by atoms with Gasteiger partial charge in [0.15, 0.2) is 0 Å². The molecule has 1 aromatic carbocycles. The monoisotopic (exact) mass is 336 g/mol. The van der Waals surface area contributed by atoms with Gasteiger partial charge in [-0.3, -0.25) is 4.79 Å². The molecule has 0 spiro atoms. The summed E-state index contributed by atoms with van der Waals surface area (Å²) in [5.41, 5.74) is 2.49. The number of hydrogen-bond donors (Lipinski definition) is 3. The van der Waals surface area contributed by atoms with Gasteiger partial charge in [-0.05, 0) is 30.9 Å². The Bertz CT molecular complexity index is 793. The van der Waals surface area contributed by atoms with Gasteiger partial charge in [0, 0.05) is 35.9 Å². The highest BCUT2D eigenvalue weighted by Crippen LogP contribution is 2.18. The number of hydrogen-bond acceptors (Lipinski definition) is 3. The van der Waals surface area contributed by atoms with Crippen molar-refractivity contribution in [3.63, 3.8) is 0 Å². The number of para-hydroxylation sites is 1. The number of amides is 1. The molecule has 1 saturated carbocycles. The van der Waals surface area contributed by atoms with Gasteiger partial charge in [0.2, 0.25) is 0 Å². The smallest absolute Gasteiger partial charge is 0.263 e. The predicted molar refractivity (Wildman–Crippen MR) is 98.7 cm³/mol. The molecule has 0 unspecified atom stereocenters. The molecule has 25 heavy (non-hydrogen) atoms. The third kappa shape index (κ3) is 4.42. The summed E-state index contributed by atoms with van der Waals surface area (Å²) < 4.78 is 0. The van der Waals surface area contributed by atoms with E-state index < -0.39 is 0 Å². The predicted octanol–water partition coefficient (Wildman–Crippen LogP) is 3.16. The van der Waals surface area contributed by atoms with E-state index in [4.69, 9.17) is 0 Å². The molecule has 0 bridgehead atoms. The van der Waals surface area contributed by atoms with Crippen molar-refractivity contribution >= 4 is 16.8 Å². The Kier molecular flexibility index (Phi) is 5.73. The molecule has 5 heteroatoms. The van der Waals surface area contributed by atoms with Crippen LogP contribution in [0.3, 0.4) is 0 Å². The van der Waals surface area contributed by atoms with E-state index in [1.165, 1.54) is 23.6 Å². The molecule has 1 heterocycles. The normalized spacial score (nSPS) is 15.7. The Hall–Kier alpha value is -2.74. The minimum absolute atomic E-state index is 0.143. The van der Waals surface area contributed by atoms with Crippen molar-refractivity contribution in [2.24, 2.45) is 0 Å².